The fourth-order valence-electron chi connectivity index (χ4n) is 3.11. The number of nitrogens with one attached hydrogen (secondary N) is 1. The fourth-order valence-corrected chi connectivity index (χ4v) is 3.11. The molecule has 2 N–H and O–H groups in total. The molecule has 19 heavy (non-hydrogen) atoms. The van der Waals surface area contributed by atoms with Crippen LogP contribution in [0.3, 0.4) is 0 Å². The lowest BCUT2D eigenvalue weighted by molar-refractivity contribution is -0.147. The van der Waals surface area contributed by atoms with Gasteiger partial charge in [-0.2, -0.15) is 0 Å². The fraction of sp³-hybridized carbons (Fsp3) is 0.929. The second-order valence-corrected chi connectivity index (χ2v) is 5.68. The molecule has 0 aromatic rings. The first-order valence-electron chi connectivity index (χ1n) is 7.36. The highest BCUT2D eigenvalue weighted by molar-refractivity contribution is 5.73. The lowest BCUT2D eigenvalue weighted by Gasteiger charge is -2.44. The average molecular weight is 271 g/mol. The van der Waals surface area contributed by atoms with Crippen molar-refractivity contribution in [1.82, 2.24) is 5.32 Å². The maximum absolute atomic E-state index is 11.2. The molecule has 2 aliphatic rings. The van der Waals surface area contributed by atoms with Gasteiger partial charge in [0.25, 0.3) is 0 Å². The van der Waals surface area contributed by atoms with Crippen LogP contribution in [0.25, 0.3) is 0 Å². The lowest BCUT2D eigenvalue weighted by atomic mass is 9.84. The lowest BCUT2D eigenvalue weighted by Crippen LogP contribution is -2.53. The van der Waals surface area contributed by atoms with Gasteiger partial charge in [-0.3, -0.25) is 4.79 Å². The molecule has 2 fully saturated rings. The Morgan fingerprint density at radius 1 is 1.42 bits per heavy atom. The third-order valence-electron chi connectivity index (χ3n) is 4.21. The molecule has 2 saturated heterocycles. The van der Waals surface area contributed by atoms with Crippen molar-refractivity contribution in [2.75, 3.05) is 19.8 Å². The van der Waals surface area contributed by atoms with Crippen LogP contribution in [0.4, 0.5) is 0 Å². The average Bonchev–Trinajstić information content (AvgIpc) is 2.39. The van der Waals surface area contributed by atoms with Crippen LogP contribution in [-0.4, -0.2) is 48.6 Å². The maximum atomic E-state index is 11.2. The van der Waals surface area contributed by atoms with Gasteiger partial charge in [0.1, 0.15) is 6.04 Å². The second-order valence-electron chi connectivity index (χ2n) is 5.68. The first-order chi connectivity index (χ1) is 9.15. The van der Waals surface area contributed by atoms with Gasteiger partial charge in [0, 0.05) is 25.9 Å². The Morgan fingerprint density at radius 3 is 2.79 bits per heavy atom. The third-order valence-corrected chi connectivity index (χ3v) is 4.21. The molecule has 0 aromatic carbocycles. The first-order valence-corrected chi connectivity index (χ1v) is 7.36. The summed E-state index contributed by atoms with van der Waals surface area (Å²) in [6, 6.07) is -0.176. The standard InChI is InChI=1S/C14H25NO4/c1-2-3-12(13(16)17)15-11-4-7-19-14(10-11)5-8-18-9-6-14/h11-12,15H,2-10H2,1H3,(H,16,17). The van der Waals surface area contributed by atoms with E-state index in [4.69, 9.17) is 9.47 Å². The molecule has 0 amide bonds. The summed E-state index contributed by atoms with van der Waals surface area (Å²) in [5.41, 5.74) is -0.0799. The van der Waals surface area contributed by atoms with Crippen LogP contribution >= 0.6 is 0 Å². The van der Waals surface area contributed by atoms with Crippen LogP contribution in [0.2, 0.25) is 0 Å². The number of carboxylic acid groups (broad SMARTS) is 1. The number of carbonyl (C=O) groups is 1. The van der Waals surface area contributed by atoms with E-state index >= 15 is 0 Å². The van der Waals surface area contributed by atoms with Crippen molar-refractivity contribution in [3.8, 4) is 0 Å². The zero-order valence-electron chi connectivity index (χ0n) is 11.7. The number of aliphatic carboxylic acids is 1. The van der Waals surface area contributed by atoms with Gasteiger partial charge in [0.2, 0.25) is 0 Å². The molecular weight excluding hydrogens is 246 g/mol. The van der Waals surface area contributed by atoms with Crippen molar-refractivity contribution in [2.45, 2.75) is 63.1 Å². The molecule has 2 aliphatic heterocycles. The third kappa shape index (κ3) is 3.91. The highest BCUT2D eigenvalue weighted by atomic mass is 16.5. The molecule has 2 atom stereocenters. The minimum Gasteiger partial charge on any atom is -0.480 e. The number of carboxylic acids is 1. The summed E-state index contributed by atoms with van der Waals surface area (Å²) < 4.78 is 11.4. The van der Waals surface area contributed by atoms with E-state index in [0.29, 0.717) is 6.42 Å². The normalized spacial score (nSPS) is 28.2. The van der Waals surface area contributed by atoms with Gasteiger partial charge in [-0.05, 0) is 32.1 Å². The molecular formula is C14H25NO4. The van der Waals surface area contributed by atoms with Crippen LogP contribution in [-0.2, 0) is 14.3 Å². The maximum Gasteiger partial charge on any atom is 0.320 e. The minimum absolute atomic E-state index is 0.0799. The van der Waals surface area contributed by atoms with Crippen molar-refractivity contribution in [1.29, 1.82) is 0 Å². The molecule has 0 aliphatic carbocycles. The van der Waals surface area contributed by atoms with Gasteiger partial charge in [-0.15, -0.1) is 0 Å². The van der Waals surface area contributed by atoms with E-state index in [1.54, 1.807) is 0 Å². The Kier molecular flexibility index (Phi) is 5.19. The number of hydrogen-bond acceptors (Lipinski definition) is 4. The van der Waals surface area contributed by atoms with Gasteiger partial charge < -0.3 is 19.9 Å². The van der Waals surface area contributed by atoms with Crippen LogP contribution in [0.1, 0.15) is 45.4 Å². The quantitative estimate of drug-likeness (QED) is 0.794. The van der Waals surface area contributed by atoms with E-state index in [2.05, 4.69) is 5.32 Å². The molecule has 2 unspecified atom stereocenters. The van der Waals surface area contributed by atoms with Crippen molar-refractivity contribution in [3.05, 3.63) is 0 Å². The van der Waals surface area contributed by atoms with Crippen LogP contribution in [0.5, 0.6) is 0 Å². The zero-order valence-corrected chi connectivity index (χ0v) is 11.7. The molecule has 2 heterocycles. The van der Waals surface area contributed by atoms with E-state index in [9.17, 15) is 9.90 Å². The number of ether oxygens (including phenoxy) is 2. The van der Waals surface area contributed by atoms with E-state index < -0.39 is 12.0 Å². The monoisotopic (exact) mass is 271 g/mol. The van der Waals surface area contributed by atoms with Crippen LogP contribution < -0.4 is 5.32 Å². The minimum atomic E-state index is -0.741. The molecule has 0 bridgehead atoms. The molecule has 2 rings (SSSR count). The highest BCUT2D eigenvalue weighted by Gasteiger charge is 2.39. The van der Waals surface area contributed by atoms with Crippen molar-refractivity contribution >= 4 is 5.97 Å². The van der Waals surface area contributed by atoms with E-state index in [1.165, 1.54) is 0 Å². The second kappa shape index (κ2) is 6.68. The Labute approximate surface area is 114 Å². The summed E-state index contributed by atoms with van der Waals surface area (Å²) >= 11 is 0. The number of rotatable bonds is 5. The van der Waals surface area contributed by atoms with Gasteiger partial charge in [0.05, 0.1) is 5.60 Å². The Balaban J connectivity index is 1.91. The van der Waals surface area contributed by atoms with Gasteiger partial charge >= 0.3 is 5.97 Å². The Hall–Kier alpha value is -0.650. The molecule has 5 heteroatoms. The number of hydrogen-bond donors (Lipinski definition) is 2. The molecule has 0 aromatic heterocycles. The topological polar surface area (TPSA) is 67.8 Å². The van der Waals surface area contributed by atoms with Crippen molar-refractivity contribution in [2.24, 2.45) is 0 Å². The molecule has 0 saturated carbocycles. The SMILES string of the molecule is CCCC(NC1CCOC2(CCOCC2)C1)C(=O)O. The predicted octanol–water partition coefficient (Wildman–Crippen LogP) is 1.56. The molecule has 0 radical (unpaired) electrons. The van der Waals surface area contributed by atoms with E-state index in [-0.39, 0.29) is 11.6 Å². The molecule has 110 valence electrons. The van der Waals surface area contributed by atoms with Crippen LogP contribution in [0.15, 0.2) is 0 Å². The first kappa shape index (κ1) is 14.8. The van der Waals surface area contributed by atoms with E-state index in [0.717, 1.165) is 51.9 Å². The van der Waals surface area contributed by atoms with Crippen LogP contribution in [0, 0.1) is 0 Å². The van der Waals surface area contributed by atoms with Crippen molar-refractivity contribution < 1.29 is 19.4 Å². The van der Waals surface area contributed by atoms with Gasteiger partial charge in [-0.25, -0.2) is 0 Å². The summed E-state index contributed by atoms with van der Waals surface area (Å²) in [6.07, 6.45) is 5.22. The van der Waals surface area contributed by atoms with Gasteiger partial charge in [0.15, 0.2) is 0 Å². The summed E-state index contributed by atoms with van der Waals surface area (Å²) in [5, 5.41) is 12.5. The predicted molar refractivity (Wildman–Crippen MR) is 71.2 cm³/mol. The van der Waals surface area contributed by atoms with E-state index in [1.807, 2.05) is 6.92 Å². The summed E-state index contributed by atoms with van der Waals surface area (Å²) in [6.45, 7) is 4.24. The zero-order chi connectivity index (χ0) is 13.7. The molecule has 1 spiro atoms. The summed E-state index contributed by atoms with van der Waals surface area (Å²) in [4.78, 5) is 11.2. The van der Waals surface area contributed by atoms with Gasteiger partial charge in [-0.1, -0.05) is 13.3 Å². The summed E-state index contributed by atoms with van der Waals surface area (Å²) in [7, 11) is 0. The van der Waals surface area contributed by atoms with Crippen molar-refractivity contribution in [3.63, 3.8) is 0 Å². The summed E-state index contributed by atoms with van der Waals surface area (Å²) in [5.74, 6) is -0.741. The Bertz CT molecular complexity index is 296. The highest BCUT2D eigenvalue weighted by Crippen LogP contribution is 2.34. The smallest absolute Gasteiger partial charge is 0.320 e. The molecule has 5 nitrogen and oxygen atoms in total. The largest absolute Gasteiger partial charge is 0.480 e. The Morgan fingerprint density at radius 2 is 2.16 bits per heavy atom.